The number of benzene rings is 1. The van der Waals surface area contributed by atoms with Crippen LogP contribution in [0.3, 0.4) is 0 Å². The van der Waals surface area contributed by atoms with Gasteiger partial charge in [0.1, 0.15) is 6.04 Å². The third-order valence-electron chi connectivity index (χ3n) is 2.45. The van der Waals surface area contributed by atoms with Crippen LogP contribution in [0.15, 0.2) is 35.2 Å². The maximum Gasteiger partial charge on any atom is 0.326 e. The second kappa shape index (κ2) is 7.84. The summed E-state index contributed by atoms with van der Waals surface area (Å²) >= 11 is 1.40. The monoisotopic (exact) mass is 281 g/mol. The molecule has 0 fully saturated rings. The van der Waals surface area contributed by atoms with E-state index in [1.165, 1.54) is 11.8 Å². The fourth-order valence-electron chi connectivity index (χ4n) is 1.59. The number of carbonyl (C=O) groups is 2. The Morgan fingerprint density at radius 1 is 1.26 bits per heavy atom. The molecule has 1 aromatic carbocycles. The zero-order chi connectivity index (χ0) is 14.3. The predicted molar refractivity (Wildman–Crippen MR) is 76.2 cm³/mol. The van der Waals surface area contributed by atoms with Gasteiger partial charge in [0, 0.05) is 4.90 Å². The highest BCUT2D eigenvalue weighted by Gasteiger charge is 2.20. The minimum atomic E-state index is -0.980. The normalized spacial score (nSPS) is 12.2. The highest BCUT2D eigenvalue weighted by molar-refractivity contribution is 8.00. The van der Waals surface area contributed by atoms with E-state index in [1.807, 2.05) is 44.2 Å². The Bertz CT molecular complexity index is 420. The summed E-state index contributed by atoms with van der Waals surface area (Å²) in [7, 11) is 0. The maximum atomic E-state index is 11.7. The van der Waals surface area contributed by atoms with Crippen LogP contribution in [-0.2, 0) is 9.59 Å². The lowest BCUT2D eigenvalue weighted by Gasteiger charge is -2.16. The average molecular weight is 281 g/mol. The maximum absolute atomic E-state index is 11.7. The largest absolute Gasteiger partial charge is 0.480 e. The third-order valence-corrected chi connectivity index (χ3v) is 3.47. The van der Waals surface area contributed by atoms with Crippen LogP contribution in [0.1, 0.15) is 20.3 Å². The Kier molecular flexibility index (Phi) is 6.42. The molecule has 0 saturated carbocycles. The van der Waals surface area contributed by atoms with E-state index in [4.69, 9.17) is 5.11 Å². The van der Waals surface area contributed by atoms with Gasteiger partial charge >= 0.3 is 5.97 Å². The van der Waals surface area contributed by atoms with E-state index in [0.29, 0.717) is 6.42 Å². The van der Waals surface area contributed by atoms with Gasteiger partial charge in [-0.2, -0.15) is 0 Å². The van der Waals surface area contributed by atoms with Gasteiger partial charge in [0.25, 0.3) is 0 Å². The van der Waals surface area contributed by atoms with Gasteiger partial charge in [-0.15, -0.1) is 11.8 Å². The van der Waals surface area contributed by atoms with E-state index in [2.05, 4.69) is 5.32 Å². The number of carboxylic acid groups (broad SMARTS) is 1. The first-order valence-electron chi connectivity index (χ1n) is 6.19. The zero-order valence-corrected chi connectivity index (χ0v) is 11.9. The van der Waals surface area contributed by atoms with Crippen molar-refractivity contribution in [2.24, 2.45) is 5.92 Å². The van der Waals surface area contributed by atoms with Crippen LogP contribution in [0.4, 0.5) is 0 Å². The minimum Gasteiger partial charge on any atom is -0.480 e. The molecular weight excluding hydrogens is 262 g/mol. The lowest BCUT2D eigenvalue weighted by molar-refractivity contribution is -0.141. The number of nitrogens with one attached hydrogen (secondary N) is 1. The summed E-state index contributed by atoms with van der Waals surface area (Å²) in [6.45, 7) is 3.86. The van der Waals surface area contributed by atoms with E-state index in [-0.39, 0.29) is 17.6 Å². The van der Waals surface area contributed by atoms with Crippen molar-refractivity contribution in [3.05, 3.63) is 30.3 Å². The highest BCUT2D eigenvalue weighted by Crippen LogP contribution is 2.16. The third kappa shape index (κ3) is 6.29. The Hall–Kier alpha value is -1.49. The fraction of sp³-hybridized carbons (Fsp3) is 0.429. The van der Waals surface area contributed by atoms with Crippen LogP contribution in [0.5, 0.6) is 0 Å². The predicted octanol–water partition coefficient (Wildman–Crippen LogP) is 2.39. The number of carbonyl (C=O) groups excluding carboxylic acids is 1. The topological polar surface area (TPSA) is 66.4 Å². The molecule has 1 unspecified atom stereocenters. The summed E-state index contributed by atoms with van der Waals surface area (Å²) in [6, 6.07) is 8.75. The summed E-state index contributed by atoms with van der Waals surface area (Å²) in [6.07, 6.45) is 0.442. The molecule has 0 spiro atoms. The molecule has 5 heteroatoms. The smallest absolute Gasteiger partial charge is 0.326 e. The zero-order valence-electron chi connectivity index (χ0n) is 11.1. The van der Waals surface area contributed by atoms with E-state index in [1.54, 1.807) is 0 Å². The molecule has 0 aromatic heterocycles. The molecule has 2 N–H and O–H groups in total. The molecule has 0 heterocycles. The molecule has 1 rings (SSSR count). The van der Waals surface area contributed by atoms with Gasteiger partial charge in [0.15, 0.2) is 0 Å². The lowest BCUT2D eigenvalue weighted by Crippen LogP contribution is -2.42. The molecule has 0 aliphatic heterocycles. The number of rotatable bonds is 7. The molecule has 19 heavy (non-hydrogen) atoms. The number of hydrogen-bond acceptors (Lipinski definition) is 3. The van der Waals surface area contributed by atoms with Crippen molar-refractivity contribution >= 4 is 23.6 Å². The second-order valence-electron chi connectivity index (χ2n) is 4.69. The molecule has 104 valence electrons. The number of carboxylic acids is 1. The summed E-state index contributed by atoms with van der Waals surface area (Å²) in [5, 5.41) is 11.6. The molecule has 0 aliphatic carbocycles. The van der Waals surface area contributed by atoms with Crippen molar-refractivity contribution in [3.63, 3.8) is 0 Å². The number of aliphatic carboxylic acids is 1. The first-order valence-corrected chi connectivity index (χ1v) is 7.17. The number of hydrogen-bond donors (Lipinski definition) is 2. The molecule has 0 radical (unpaired) electrons. The van der Waals surface area contributed by atoms with Crippen molar-refractivity contribution in [1.82, 2.24) is 5.32 Å². The van der Waals surface area contributed by atoms with Crippen molar-refractivity contribution in [1.29, 1.82) is 0 Å². The number of amides is 1. The van der Waals surface area contributed by atoms with E-state index in [0.717, 1.165) is 4.90 Å². The molecule has 1 amide bonds. The van der Waals surface area contributed by atoms with Gasteiger partial charge < -0.3 is 10.4 Å². The van der Waals surface area contributed by atoms with Crippen LogP contribution >= 0.6 is 11.8 Å². The van der Waals surface area contributed by atoms with Gasteiger partial charge in [-0.1, -0.05) is 32.0 Å². The molecule has 1 atom stereocenters. The van der Waals surface area contributed by atoms with Gasteiger partial charge in [-0.25, -0.2) is 4.79 Å². The van der Waals surface area contributed by atoms with Crippen LogP contribution in [0.25, 0.3) is 0 Å². The van der Waals surface area contributed by atoms with Crippen molar-refractivity contribution in [2.45, 2.75) is 31.2 Å². The SMILES string of the molecule is CC(C)CC(NC(=O)CSc1ccccc1)C(=O)O. The fourth-order valence-corrected chi connectivity index (χ4v) is 2.33. The van der Waals surface area contributed by atoms with Gasteiger partial charge in [-0.05, 0) is 24.5 Å². The van der Waals surface area contributed by atoms with Gasteiger partial charge in [0.2, 0.25) is 5.91 Å². The van der Waals surface area contributed by atoms with Crippen molar-refractivity contribution in [3.8, 4) is 0 Å². The van der Waals surface area contributed by atoms with Crippen LogP contribution in [0.2, 0.25) is 0 Å². The minimum absolute atomic E-state index is 0.225. The summed E-state index contributed by atoms with van der Waals surface area (Å²) < 4.78 is 0. The Morgan fingerprint density at radius 2 is 1.89 bits per heavy atom. The van der Waals surface area contributed by atoms with Gasteiger partial charge in [0.05, 0.1) is 5.75 Å². The quantitative estimate of drug-likeness (QED) is 0.753. The molecule has 1 aromatic rings. The van der Waals surface area contributed by atoms with Gasteiger partial charge in [-0.3, -0.25) is 4.79 Å². The van der Waals surface area contributed by atoms with E-state index < -0.39 is 12.0 Å². The average Bonchev–Trinajstić information content (AvgIpc) is 2.36. The molecule has 4 nitrogen and oxygen atoms in total. The standard InChI is InChI=1S/C14H19NO3S/c1-10(2)8-12(14(17)18)15-13(16)9-19-11-6-4-3-5-7-11/h3-7,10,12H,8-9H2,1-2H3,(H,15,16)(H,17,18). The highest BCUT2D eigenvalue weighted by atomic mass is 32.2. The van der Waals surface area contributed by atoms with Crippen LogP contribution < -0.4 is 5.32 Å². The lowest BCUT2D eigenvalue weighted by atomic mass is 10.0. The molecule has 0 bridgehead atoms. The Balaban J connectivity index is 2.42. The molecule has 0 saturated heterocycles. The van der Waals surface area contributed by atoms with Crippen LogP contribution in [0, 0.1) is 5.92 Å². The van der Waals surface area contributed by atoms with Crippen LogP contribution in [-0.4, -0.2) is 28.8 Å². The second-order valence-corrected chi connectivity index (χ2v) is 5.74. The Labute approximate surface area is 117 Å². The van der Waals surface area contributed by atoms with E-state index >= 15 is 0 Å². The van der Waals surface area contributed by atoms with Crippen molar-refractivity contribution in [2.75, 3.05) is 5.75 Å². The van der Waals surface area contributed by atoms with Crippen molar-refractivity contribution < 1.29 is 14.7 Å². The number of thioether (sulfide) groups is 1. The Morgan fingerprint density at radius 3 is 2.42 bits per heavy atom. The molecular formula is C14H19NO3S. The summed E-state index contributed by atoms with van der Waals surface area (Å²) in [5.74, 6) is -0.775. The molecule has 0 aliphatic rings. The summed E-state index contributed by atoms with van der Waals surface area (Å²) in [5.41, 5.74) is 0. The summed E-state index contributed by atoms with van der Waals surface area (Å²) in [4.78, 5) is 23.7. The van der Waals surface area contributed by atoms with E-state index in [9.17, 15) is 9.59 Å². The first-order chi connectivity index (χ1) is 8.99. The first kappa shape index (κ1) is 15.6.